The zero-order valence-corrected chi connectivity index (χ0v) is 20.0. The third-order valence-corrected chi connectivity index (χ3v) is 6.20. The molecule has 176 valence electrons. The lowest BCUT2D eigenvalue weighted by atomic mass is 9.97. The van der Waals surface area contributed by atoms with Gasteiger partial charge in [-0.1, -0.05) is 29.8 Å². The van der Waals surface area contributed by atoms with Crippen LogP contribution in [0, 0.1) is 11.7 Å². The van der Waals surface area contributed by atoms with Crippen LogP contribution >= 0.6 is 11.6 Å². The van der Waals surface area contributed by atoms with Gasteiger partial charge in [-0.3, -0.25) is 0 Å². The summed E-state index contributed by atoms with van der Waals surface area (Å²) in [6, 6.07) is 12.5. The molecular formula is C25H30ClFN4O2. The van der Waals surface area contributed by atoms with Gasteiger partial charge in [0.05, 0.1) is 17.6 Å². The Balaban J connectivity index is 1.44. The molecule has 0 spiro atoms. The van der Waals surface area contributed by atoms with Crippen LogP contribution in [0.25, 0.3) is 11.0 Å². The summed E-state index contributed by atoms with van der Waals surface area (Å²) in [6.07, 6.45) is 1.51. The molecule has 0 aliphatic carbocycles. The molecule has 6 nitrogen and oxygen atoms in total. The van der Waals surface area contributed by atoms with E-state index in [0.717, 1.165) is 30.4 Å². The lowest BCUT2D eigenvalue weighted by Crippen LogP contribution is -2.42. The summed E-state index contributed by atoms with van der Waals surface area (Å²) in [4.78, 5) is 18.8. The van der Waals surface area contributed by atoms with Crippen LogP contribution in [0.4, 0.5) is 15.1 Å². The zero-order chi connectivity index (χ0) is 23.6. The van der Waals surface area contributed by atoms with Crippen LogP contribution in [0.5, 0.6) is 0 Å². The number of aromatic nitrogens is 2. The highest BCUT2D eigenvalue weighted by atomic mass is 35.5. The number of carbonyl (C=O) groups is 1. The first kappa shape index (κ1) is 23.4. The third kappa shape index (κ3) is 5.58. The van der Waals surface area contributed by atoms with Crippen molar-refractivity contribution < 1.29 is 13.9 Å². The van der Waals surface area contributed by atoms with Crippen molar-refractivity contribution >= 4 is 34.7 Å². The maximum atomic E-state index is 14.5. The minimum atomic E-state index is -0.490. The van der Waals surface area contributed by atoms with E-state index in [1.165, 1.54) is 6.07 Å². The Bertz CT molecular complexity index is 1110. The summed E-state index contributed by atoms with van der Waals surface area (Å²) < 4.78 is 21.9. The van der Waals surface area contributed by atoms with E-state index in [-0.39, 0.29) is 18.5 Å². The minimum absolute atomic E-state index is 0.252. The Morgan fingerprint density at radius 1 is 1.18 bits per heavy atom. The second-order valence-corrected chi connectivity index (χ2v) is 9.91. The summed E-state index contributed by atoms with van der Waals surface area (Å²) in [5.74, 6) is 0.750. The first-order valence-electron chi connectivity index (χ1n) is 11.3. The van der Waals surface area contributed by atoms with Crippen LogP contribution in [0.2, 0.25) is 5.02 Å². The highest BCUT2D eigenvalue weighted by Gasteiger charge is 2.27. The van der Waals surface area contributed by atoms with E-state index in [9.17, 15) is 9.18 Å². The fourth-order valence-corrected chi connectivity index (χ4v) is 4.32. The normalized spacial score (nSPS) is 15.1. The van der Waals surface area contributed by atoms with Crippen LogP contribution in [-0.2, 0) is 11.3 Å². The molecule has 1 saturated heterocycles. The Hall–Kier alpha value is -2.80. The smallest absolute Gasteiger partial charge is 0.410 e. The van der Waals surface area contributed by atoms with Crippen LogP contribution in [0.3, 0.4) is 0 Å². The fraction of sp³-hybridized carbons (Fsp3) is 0.440. The number of nitrogens with zero attached hydrogens (tertiary/aromatic N) is 3. The van der Waals surface area contributed by atoms with Crippen LogP contribution < -0.4 is 5.32 Å². The van der Waals surface area contributed by atoms with E-state index in [0.29, 0.717) is 35.5 Å². The summed E-state index contributed by atoms with van der Waals surface area (Å²) in [5.41, 5.74) is 1.71. The summed E-state index contributed by atoms with van der Waals surface area (Å²) in [7, 11) is 0. The van der Waals surface area contributed by atoms with E-state index < -0.39 is 5.60 Å². The van der Waals surface area contributed by atoms with Gasteiger partial charge < -0.3 is 19.5 Å². The molecule has 1 aromatic heterocycles. The molecule has 0 saturated carbocycles. The van der Waals surface area contributed by atoms with Gasteiger partial charge in [-0.15, -0.1) is 0 Å². The predicted octanol–water partition coefficient (Wildman–Crippen LogP) is 5.94. The van der Waals surface area contributed by atoms with Crippen molar-refractivity contribution in [2.75, 3.05) is 25.0 Å². The van der Waals surface area contributed by atoms with E-state index in [2.05, 4.69) is 5.32 Å². The van der Waals surface area contributed by atoms with E-state index in [1.54, 1.807) is 17.0 Å². The predicted molar refractivity (Wildman–Crippen MR) is 129 cm³/mol. The molecule has 1 N–H and O–H groups in total. The van der Waals surface area contributed by atoms with Gasteiger partial charge in [0, 0.05) is 30.2 Å². The highest BCUT2D eigenvalue weighted by molar-refractivity contribution is 6.31. The Morgan fingerprint density at radius 2 is 1.91 bits per heavy atom. The first-order valence-corrected chi connectivity index (χ1v) is 11.7. The Labute approximate surface area is 198 Å². The number of carbonyl (C=O) groups excluding carboxylic acids is 1. The van der Waals surface area contributed by atoms with Gasteiger partial charge in [-0.25, -0.2) is 14.2 Å². The molecule has 8 heteroatoms. The minimum Gasteiger partial charge on any atom is -0.444 e. The summed E-state index contributed by atoms with van der Waals surface area (Å²) in [5, 5.41) is 3.86. The standard InChI is InChI=1S/C25H30ClFN4O2/c1-25(2,3)33-24(32)30-13-11-17(12-14-30)15-28-23-29-21-9-4-5-10-22(21)31(23)16-18-19(26)7-6-8-20(18)27/h4-10,17H,11-16H2,1-3H3,(H,28,29). The summed E-state index contributed by atoms with van der Waals surface area (Å²) in [6.45, 7) is 7.97. The van der Waals surface area contributed by atoms with E-state index in [4.69, 9.17) is 21.3 Å². The number of hydrogen-bond donors (Lipinski definition) is 1. The number of hydrogen-bond acceptors (Lipinski definition) is 4. The molecule has 1 amide bonds. The number of amides is 1. The number of ether oxygens (including phenoxy) is 1. The van der Waals surface area contributed by atoms with Crippen LogP contribution in [-0.4, -0.2) is 45.8 Å². The molecule has 0 radical (unpaired) electrons. The van der Waals surface area contributed by atoms with Crippen molar-refractivity contribution in [3.05, 3.63) is 58.9 Å². The second-order valence-electron chi connectivity index (χ2n) is 9.50. The van der Waals surface area contributed by atoms with E-state index >= 15 is 0 Å². The topological polar surface area (TPSA) is 59.4 Å². The van der Waals surface area contributed by atoms with Gasteiger partial charge in [-0.05, 0) is 63.8 Å². The molecule has 2 aromatic carbocycles. The maximum Gasteiger partial charge on any atom is 0.410 e. The number of fused-ring (bicyclic) bond motifs is 1. The maximum absolute atomic E-state index is 14.5. The number of nitrogens with one attached hydrogen (secondary N) is 1. The van der Waals surface area contributed by atoms with Gasteiger partial charge in [0.2, 0.25) is 5.95 Å². The van der Waals surface area contributed by atoms with Crippen LogP contribution in [0.15, 0.2) is 42.5 Å². The average molecular weight is 473 g/mol. The number of halogens is 2. The van der Waals surface area contributed by atoms with Gasteiger partial charge in [0.1, 0.15) is 11.4 Å². The van der Waals surface area contributed by atoms with Crippen molar-refractivity contribution in [2.45, 2.75) is 45.8 Å². The molecule has 0 bridgehead atoms. The largest absolute Gasteiger partial charge is 0.444 e. The second kappa shape index (κ2) is 9.59. The van der Waals surface area contributed by atoms with Gasteiger partial charge in [0.25, 0.3) is 0 Å². The number of anilines is 1. The SMILES string of the molecule is CC(C)(C)OC(=O)N1CCC(CNc2nc3ccccc3n2Cc2c(F)cccc2Cl)CC1. The number of rotatable bonds is 5. The molecule has 0 atom stereocenters. The van der Waals surface area contributed by atoms with E-state index in [1.807, 2.05) is 49.6 Å². The lowest BCUT2D eigenvalue weighted by Gasteiger charge is -2.33. The average Bonchev–Trinajstić information content (AvgIpc) is 3.11. The molecule has 4 rings (SSSR count). The quantitative estimate of drug-likeness (QED) is 0.499. The molecule has 1 aliphatic heterocycles. The van der Waals surface area contributed by atoms with Gasteiger partial charge in [0.15, 0.2) is 0 Å². The summed E-state index contributed by atoms with van der Waals surface area (Å²) >= 11 is 6.29. The molecule has 0 unspecified atom stereocenters. The number of imidazole rings is 1. The number of benzene rings is 2. The lowest BCUT2D eigenvalue weighted by molar-refractivity contribution is 0.0188. The zero-order valence-electron chi connectivity index (χ0n) is 19.3. The molecule has 2 heterocycles. The third-order valence-electron chi connectivity index (χ3n) is 5.85. The molecular weight excluding hydrogens is 443 g/mol. The highest BCUT2D eigenvalue weighted by Crippen LogP contribution is 2.27. The molecule has 1 fully saturated rings. The van der Waals surface area contributed by atoms with Crippen molar-refractivity contribution in [1.29, 1.82) is 0 Å². The monoisotopic (exact) mass is 472 g/mol. The number of piperidine rings is 1. The van der Waals surface area contributed by atoms with Gasteiger partial charge >= 0.3 is 6.09 Å². The fourth-order valence-electron chi connectivity index (χ4n) is 4.09. The molecule has 3 aromatic rings. The van der Waals surface area contributed by atoms with Crippen molar-refractivity contribution in [2.24, 2.45) is 5.92 Å². The Kier molecular flexibility index (Phi) is 6.79. The van der Waals surface area contributed by atoms with Crippen molar-refractivity contribution in [3.63, 3.8) is 0 Å². The molecule has 33 heavy (non-hydrogen) atoms. The molecule has 1 aliphatic rings. The van der Waals surface area contributed by atoms with Crippen molar-refractivity contribution in [1.82, 2.24) is 14.5 Å². The van der Waals surface area contributed by atoms with Crippen molar-refractivity contribution in [3.8, 4) is 0 Å². The number of para-hydroxylation sites is 2. The number of likely N-dealkylation sites (tertiary alicyclic amines) is 1. The van der Waals surface area contributed by atoms with Crippen LogP contribution in [0.1, 0.15) is 39.2 Å². The van der Waals surface area contributed by atoms with Gasteiger partial charge in [-0.2, -0.15) is 0 Å². The Morgan fingerprint density at radius 3 is 2.61 bits per heavy atom. The first-order chi connectivity index (χ1) is 15.7.